The van der Waals surface area contributed by atoms with Crippen LogP contribution in [0.4, 0.5) is 0 Å². The van der Waals surface area contributed by atoms with E-state index in [-0.39, 0.29) is 6.61 Å². The lowest BCUT2D eigenvalue weighted by atomic mass is 10.4. The Labute approximate surface area is 104 Å². The highest BCUT2D eigenvalue weighted by atomic mass is 79.9. The first-order chi connectivity index (χ1) is 7.60. The van der Waals surface area contributed by atoms with Crippen LogP contribution in [0.1, 0.15) is 9.67 Å². The predicted octanol–water partition coefficient (Wildman–Crippen LogP) is 1.85. The molecule has 0 amide bonds. The largest absolute Gasteiger partial charge is 0.479 e. The highest BCUT2D eigenvalue weighted by Gasteiger charge is 2.19. The Balaban J connectivity index is 2.81. The molecule has 0 aliphatic heterocycles. The average Bonchev–Trinajstić information content (AvgIpc) is 2.66. The van der Waals surface area contributed by atoms with E-state index in [1.54, 1.807) is 5.38 Å². The lowest BCUT2D eigenvalue weighted by Gasteiger charge is -2.05. The van der Waals surface area contributed by atoms with Crippen molar-refractivity contribution in [1.82, 2.24) is 0 Å². The van der Waals surface area contributed by atoms with Gasteiger partial charge in [0.15, 0.2) is 17.2 Å². The molecule has 0 atom stereocenters. The normalized spacial score (nSPS) is 9.69. The van der Waals surface area contributed by atoms with Crippen LogP contribution in [0.3, 0.4) is 0 Å². The summed E-state index contributed by atoms with van der Waals surface area (Å²) in [7, 11) is 2.54. The van der Waals surface area contributed by atoms with Crippen molar-refractivity contribution in [3.05, 3.63) is 14.7 Å². The lowest BCUT2D eigenvalue weighted by Crippen LogP contribution is -2.13. The van der Waals surface area contributed by atoms with E-state index in [4.69, 9.17) is 4.74 Å². The van der Waals surface area contributed by atoms with E-state index in [1.165, 1.54) is 25.6 Å². The van der Waals surface area contributed by atoms with Crippen LogP contribution in [0, 0.1) is 0 Å². The first-order valence-corrected chi connectivity index (χ1v) is 5.82. The van der Waals surface area contributed by atoms with E-state index >= 15 is 0 Å². The fourth-order valence-electron chi connectivity index (χ4n) is 0.884. The smallest absolute Gasteiger partial charge is 0.351 e. The van der Waals surface area contributed by atoms with Crippen molar-refractivity contribution in [3.63, 3.8) is 0 Å². The molecular weight excluding hydrogens is 300 g/mol. The van der Waals surface area contributed by atoms with Crippen LogP contribution in [-0.2, 0) is 14.3 Å². The van der Waals surface area contributed by atoms with Crippen LogP contribution in [0.15, 0.2) is 9.85 Å². The summed E-state index contributed by atoms with van der Waals surface area (Å²) in [5.41, 5.74) is 0. The molecule has 0 aliphatic rings. The molecule has 0 bridgehead atoms. The summed E-state index contributed by atoms with van der Waals surface area (Å²) < 4.78 is 14.8. The van der Waals surface area contributed by atoms with Crippen LogP contribution in [0.2, 0.25) is 0 Å². The summed E-state index contributed by atoms with van der Waals surface area (Å²) in [6.07, 6.45) is 0. The highest BCUT2D eigenvalue weighted by Crippen LogP contribution is 2.35. The molecule has 88 valence electrons. The van der Waals surface area contributed by atoms with Crippen molar-refractivity contribution in [2.75, 3.05) is 20.8 Å². The van der Waals surface area contributed by atoms with Crippen LogP contribution in [-0.4, -0.2) is 32.8 Å². The topological polar surface area (TPSA) is 61.8 Å². The minimum Gasteiger partial charge on any atom is -0.479 e. The molecule has 0 unspecified atom stereocenters. The molecule has 5 nitrogen and oxygen atoms in total. The van der Waals surface area contributed by atoms with Gasteiger partial charge in [0.05, 0.1) is 18.7 Å². The maximum Gasteiger partial charge on any atom is 0.351 e. The van der Waals surface area contributed by atoms with Crippen molar-refractivity contribution in [2.45, 2.75) is 0 Å². The van der Waals surface area contributed by atoms with Crippen molar-refractivity contribution in [2.24, 2.45) is 0 Å². The molecule has 1 rings (SSSR count). The molecule has 0 radical (unpaired) electrons. The highest BCUT2D eigenvalue weighted by molar-refractivity contribution is 9.10. The molecule has 0 spiro atoms. The standard InChI is InChI=1S/C9H9BrO5S/c1-13-6(11)3-15-7-5(10)4-16-8(7)9(12)14-2/h4H,3H2,1-2H3. The van der Waals surface area contributed by atoms with Gasteiger partial charge < -0.3 is 14.2 Å². The summed E-state index contributed by atoms with van der Waals surface area (Å²) in [5.74, 6) is -0.730. The van der Waals surface area contributed by atoms with Crippen molar-refractivity contribution in [1.29, 1.82) is 0 Å². The molecule has 16 heavy (non-hydrogen) atoms. The third-order valence-electron chi connectivity index (χ3n) is 1.64. The van der Waals surface area contributed by atoms with Crippen molar-refractivity contribution >= 4 is 39.2 Å². The van der Waals surface area contributed by atoms with Gasteiger partial charge in [0, 0.05) is 5.38 Å². The van der Waals surface area contributed by atoms with Gasteiger partial charge in [-0.3, -0.25) is 0 Å². The SMILES string of the molecule is COC(=O)COc1c(Br)csc1C(=O)OC. The zero-order valence-corrected chi connectivity index (χ0v) is 11.0. The molecular formula is C9H9BrO5S. The van der Waals surface area contributed by atoms with E-state index in [2.05, 4.69) is 25.4 Å². The maximum absolute atomic E-state index is 11.3. The number of hydrogen-bond donors (Lipinski definition) is 0. The van der Waals surface area contributed by atoms with E-state index in [0.717, 1.165) is 0 Å². The summed E-state index contributed by atoms with van der Waals surface area (Å²) in [5, 5.41) is 1.68. The van der Waals surface area contributed by atoms with Gasteiger partial charge in [-0.15, -0.1) is 11.3 Å². The summed E-state index contributed by atoms with van der Waals surface area (Å²) in [6, 6.07) is 0. The molecule has 0 aliphatic carbocycles. The summed E-state index contributed by atoms with van der Waals surface area (Å²) in [6.45, 7) is -0.254. The quantitative estimate of drug-likeness (QED) is 0.794. The Morgan fingerprint density at radius 2 is 2.06 bits per heavy atom. The fraction of sp³-hybridized carbons (Fsp3) is 0.333. The third-order valence-corrected chi connectivity index (χ3v) is 3.47. The van der Waals surface area contributed by atoms with Crippen LogP contribution >= 0.6 is 27.3 Å². The number of carbonyl (C=O) groups excluding carboxylic acids is 2. The molecule has 7 heteroatoms. The van der Waals surface area contributed by atoms with E-state index in [9.17, 15) is 9.59 Å². The number of carbonyl (C=O) groups is 2. The lowest BCUT2D eigenvalue weighted by molar-refractivity contribution is -0.142. The van der Waals surface area contributed by atoms with Gasteiger partial charge in [0.2, 0.25) is 0 Å². The zero-order chi connectivity index (χ0) is 12.1. The number of rotatable bonds is 4. The monoisotopic (exact) mass is 308 g/mol. The van der Waals surface area contributed by atoms with Crippen LogP contribution in [0.25, 0.3) is 0 Å². The molecule has 1 aromatic rings. The molecule has 0 saturated carbocycles. The Bertz CT molecular complexity index is 401. The Morgan fingerprint density at radius 3 is 2.62 bits per heavy atom. The minimum atomic E-state index is -0.520. The van der Waals surface area contributed by atoms with Crippen LogP contribution in [0.5, 0.6) is 5.75 Å². The van der Waals surface area contributed by atoms with Crippen molar-refractivity contribution < 1.29 is 23.8 Å². The average molecular weight is 309 g/mol. The van der Waals surface area contributed by atoms with Gasteiger partial charge in [0.25, 0.3) is 0 Å². The summed E-state index contributed by atoms with van der Waals surface area (Å²) >= 11 is 4.38. The number of methoxy groups -OCH3 is 2. The second kappa shape index (κ2) is 5.86. The van der Waals surface area contributed by atoms with Crippen LogP contribution < -0.4 is 4.74 Å². The summed E-state index contributed by atoms with van der Waals surface area (Å²) in [4.78, 5) is 22.5. The fourth-order valence-corrected chi connectivity index (χ4v) is 2.39. The Hall–Kier alpha value is -1.08. The van der Waals surface area contributed by atoms with Gasteiger partial charge >= 0.3 is 11.9 Å². The van der Waals surface area contributed by atoms with Gasteiger partial charge in [0.1, 0.15) is 0 Å². The van der Waals surface area contributed by atoms with Crippen molar-refractivity contribution in [3.8, 4) is 5.75 Å². The first kappa shape index (κ1) is 13.0. The molecule has 0 aromatic carbocycles. The second-order valence-corrected chi connectivity index (χ2v) is 4.33. The number of esters is 2. The molecule has 1 aromatic heterocycles. The molecule has 0 N–H and O–H groups in total. The van der Waals surface area contributed by atoms with Gasteiger partial charge in [-0.05, 0) is 15.9 Å². The van der Waals surface area contributed by atoms with E-state index in [1.807, 2.05) is 0 Å². The zero-order valence-electron chi connectivity index (χ0n) is 8.61. The van der Waals surface area contributed by atoms with Gasteiger partial charge in [-0.25, -0.2) is 9.59 Å². The second-order valence-electron chi connectivity index (χ2n) is 2.60. The maximum atomic E-state index is 11.3. The molecule has 0 fully saturated rings. The number of halogens is 1. The minimum absolute atomic E-state index is 0.254. The Morgan fingerprint density at radius 1 is 1.38 bits per heavy atom. The number of thiophene rings is 1. The Kier molecular flexibility index (Phi) is 4.75. The van der Waals surface area contributed by atoms with Gasteiger partial charge in [-0.1, -0.05) is 0 Å². The number of ether oxygens (including phenoxy) is 3. The van der Waals surface area contributed by atoms with E-state index < -0.39 is 11.9 Å². The van der Waals surface area contributed by atoms with E-state index in [0.29, 0.717) is 15.1 Å². The number of hydrogen-bond acceptors (Lipinski definition) is 6. The third kappa shape index (κ3) is 2.96. The predicted molar refractivity (Wildman–Crippen MR) is 60.9 cm³/mol. The van der Waals surface area contributed by atoms with Gasteiger partial charge in [-0.2, -0.15) is 0 Å². The molecule has 0 saturated heterocycles. The first-order valence-electron chi connectivity index (χ1n) is 4.15. The molecule has 1 heterocycles.